The maximum atomic E-state index is 11.1. The first-order valence-corrected chi connectivity index (χ1v) is 6.68. The van der Waals surface area contributed by atoms with E-state index in [-0.39, 0.29) is 17.1 Å². The van der Waals surface area contributed by atoms with E-state index in [1.807, 2.05) is 6.07 Å². The first-order chi connectivity index (χ1) is 9.67. The van der Waals surface area contributed by atoms with Gasteiger partial charge in [0.25, 0.3) is 0 Å². The predicted molar refractivity (Wildman–Crippen MR) is 74.4 cm³/mol. The number of nitrogens with one attached hydrogen (secondary N) is 1. The summed E-state index contributed by atoms with van der Waals surface area (Å²) in [6.45, 7) is 4.75. The summed E-state index contributed by atoms with van der Waals surface area (Å²) in [6, 6.07) is 3.56. The molecule has 0 saturated carbocycles. The molecule has 0 bridgehead atoms. The molecule has 1 atom stereocenters. The van der Waals surface area contributed by atoms with Crippen LogP contribution < -0.4 is 5.32 Å². The number of nitro groups is 1. The van der Waals surface area contributed by atoms with Gasteiger partial charge in [-0.2, -0.15) is 5.26 Å². The fourth-order valence-corrected chi connectivity index (χ4v) is 2.62. The minimum Gasteiger partial charge on any atom is -0.363 e. The Labute approximate surface area is 117 Å². The molecule has 7 nitrogen and oxygen atoms in total. The van der Waals surface area contributed by atoms with Crippen LogP contribution in [0.25, 0.3) is 0 Å². The number of hydrogen-bond donors (Lipinski definition) is 1. The lowest BCUT2D eigenvalue weighted by molar-refractivity contribution is -0.384. The Hall–Kier alpha value is -2.20. The zero-order valence-corrected chi connectivity index (χ0v) is 11.4. The number of aromatic nitrogens is 1. The third-order valence-electron chi connectivity index (χ3n) is 3.64. The molecule has 0 aromatic carbocycles. The fourth-order valence-electron chi connectivity index (χ4n) is 2.62. The van der Waals surface area contributed by atoms with Crippen LogP contribution in [0.2, 0.25) is 0 Å². The minimum atomic E-state index is -0.555. The molecule has 7 heteroatoms. The summed E-state index contributed by atoms with van der Waals surface area (Å²) >= 11 is 0. The molecule has 0 spiro atoms. The summed E-state index contributed by atoms with van der Waals surface area (Å²) < 4.78 is 0. The summed E-state index contributed by atoms with van der Waals surface area (Å²) in [5, 5.41) is 23.0. The maximum Gasteiger partial charge on any atom is 0.328 e. The average Bonchev–Trinajstić information content (AvgIpc) is 2.91. The van der Waals surface area contributed by atoms with Gasteiger partial charge in [0, 0.05) is 18.8 Å². The molecule has 1 saturated heterocycles. The summed E-state index contributed by atoms with van der Waals surface area (Å²) in [6.07, 6.45) is 3.64. The van der Waals surface area contributed by atoms with E-state index >= 15 is 0 Å². The summed E-state index contributed by atoms with van der Waals surface area (Å²) in [5.74, 6) is 0.178. The molecular weight excluding hydrogens is 258 g/mol. The molecule has 1 unspecified atom stereocenters. The van der Waals surface area contributed by atoms with Gasteiger partial charge in [-0.25, -0.2) is 4.98 Å². The highest BCUT2D eigenvalue weighted by molar-refractivity contribution is 5.64. The molecule has 1 aromatic heterocycles. The highest BCUT2D eigenvalue weighted by Gasteiger charge is 2.25. The van der Waals surface area contributed by atoms with Gasteiger partial charge >= 0.3 is 5.69 Å². The number of likely N-dealkylation sites (tertiary alicyclic amines) is 1. The molecule has 1 N–H and O–H groups in total. The Balaban J connectivity index is 2.14. The summed E-state index contributed by atoms with van der Waals surface area (Å²) in [7, 11) is 0. The van der Waals surface area contributed by atoms with E-state index in [2.05, 4.69) is 22.1 Å². The van der Waals surface area contributed by atoms with E-state index in [4.69, 9.17) is 5.26 Å². The van der Waals surface area contributed by atoms with Crippen molar-refractivity contribution in [1.82, 2.24) is 9.88 Å². The quantitative estimate of drug-likeness (QED) is 0.649. The number of nitrogens with zero attached hydrogens (tertiary/aromatic N) is 4. The van der Waals surface area contributed by atoms with Crippen molar-refractivity contribution in [3.8, 4) is 6.07 Å². The van der Waals surface area contributed by atoms with E-state index in [0.717, 1.165) is 25.9 Å². The lowest BCUT2D eigenvalue weighted by Gasteiger charge is -2.23. The molecule has 0 amide bonds. The molecule has 1 aromatic rings. The van der Waals surface area contributed by atoms with Crippen LogP contribution in [-0.2, 0) is 0 Å². The monoisotopic (exact) mass is 275 g/mol. The Morgan fingerprint density at radius 3 is 3.15 bits per heavy atom. The van der Waals surface area contributed by atoms with Crippen LogP contribution in [0.5, 0.6) is 0 Å². The zero-order valence-electron chi connectivity index (χ0n) is 11.4. The summed E-state index contributed by atoms with van der Waals surface area (Å²) in [5.41, 5.74) is -0.206. The van der Waals surface area contributed by atoms with Crippen molar-refractivity contribution in [2.75, 3.05) is 25.0 Å². The van der Waals surface area contributed by atoms with Crippen LogP contribution in [0.4, 0.5) is 11.5 Å². The van der Waals surface area contributed by atoms with Gasteiger partial charge < -0.3 is 5.32 Å². The van der Waals surface area contributed by atoms with E-state index in [0.29, 0.717) is 12.6 Å². The largest absolute Gasteiger partial charge is 0.363 e. The Bertz CT molecular complexity index is 540. The summed E-state index contributed by atoms with van der Waals surface area (Å²) in [4.78, 5) is 16.9. The van der Waals surface area contributed by atoms with Crippen LogP contribution >= 0.6 is 0 Å². The van der Waals surface area contributed by atoms with E-state index < -0.39 is 4.92 Å². The second-order valence-electron chi connectivity index (χ2n) is 4.73. The zero-order chi connectivity index (χ0) is 14.5. The van der Waals surface area contributed by atoms with Crippen molar-refractivity contribution in [2.24, 2.45) is 0 Å². The van der Waals surface area contributed by atoms with Crippen molar-refractivity contribution >= 4 is 11.5 Å². The molecule has 2 heterocycles. The van der Waals surface area contributed by atoms with Crippen molar-refractivity contribution in [3.63, 3.8) is 0 Å². The first-order valence-electron chi connectivity index (χ1n) is 6.68. The lowest BCUT2D eigenvalue weighted by Crippen LogP contribution is -2.34. The number of nitriles is 1. The molecule has 2 rings (SSSR count). The topological polar surface area (TPSA) is 95.1 Å². The lowest BCUT2D eigenvalue weighted by atomic mass is 10.2. The molecule has 0 aliphatic carbocycles. The second kappa shape index (κ2) is 6.30. The van der Waals surface area contributed by atoms with Gasteiger partial charge in [0.1, 0.15) is 11.6 Å². The van der Waals surface area contributed by atoms with Crippen molar-refractivity contribution in [2.45, 2.75) is 25.8 Å². The van der Waals surface area contributed by atoms with E-state index in [9.17, 15) is 10.1 Å². The van der Waals surface area contributed by atoms with Gasteiger partial charge in [0.15, 0.2) is 0 Å². The first kappa shape index (κ1) is 14.2. The van der Waals surface area contributed by atoms with Gasteiger partial charge in [-0.05, 0) is 32.0 Å². The number of anilines is 1. The van der Waals surface area contributed by atoms with Crippen LogP contribution in [0, 0.1) is 21.4 Å². The number of likely N-dealkylation sites (N-methyl/N-ethyl adjacent to an activating group) is 1. The smallest absolute Gasteiger partial charge is 0.328 e. The SMILES string of the molecule is CCN1CCCC1CNc1nccc(C#N)c1[N+](=O)[O-]. The predicted octanol–water partition coefficient (Wildman–Crippen LogP) is 1.76. The normalized spacial score (nSPS) is 18.7. The van der Waals surface area contributed by atoms with Gasteiger partial charge in [-0.15, -0.1) is 0 Å². The number of pyridine rings is 1. The highest BCUT2D eigenvalue weighted by atomic mass is 16.6. The van der Waals surface area contributed by atoms with E-state index in [1.165, 1.54) is 12.3 Å². The van der Waals surface area contributed by atoms with Crippen LogP contribution in [-0.4, -0.2) is 40.5 Å². The molecule has 106 valence electrons. The van der Waals surface area contributed by atoms with Crippen molar-refractivity contribution in [1.29, 1.82) is 5.26 Å². The van der Waals surface area contributed by atoms with Crippen molar-refractivity contribution in [3.05, 3.63) is 27.9 Å². The molecule has 1 fully saturated rings. The second-order valence-corrected chi connectivity index (χ2v) is 4.73. The Kier molecular flexibility index (Phi) is 4.48. The van der Waals surface area contributed by atoms with Gasteiger partial charge in [0.2, 0.25) is 5.82 Å². The Morgan fingerprint density at radius 2 is 2.50 bits per heavy atom. The number of hydrogen-bond acceptors (Lipinski definition) is 6. The molecule has 1 aliphatic rings. The van der Waals surface area contributed by atoms with Gasteiger partial charge in [0.05, 0.1) is 4.92 Å². The molecule has 1 aliphatic heterocycles. The third-order valence-corrected chi connectivity index (χ3v) is 3.64. The van der Waals surface area contributed by atoms with Crippen LogP contribution in [0.15, 0.2) is 12.3 Å². The van der Waals surface area contributed by atoms with Crippen LogP contribution in [0.3, 0.4) is 0 Å². The van der Waals surface area contributed by atoms with Crippen LogP contribution in [0.1, 0.15) is 25.3 Å². The Morgan fingerprint density at radius 1 is 1.70 bits per heavy atom. The fraction of sp³-hybridized carbons (Fsp3) is 0.538. The highest BCUT2D eigenvalue weighted by Crippen LogP contribution is 2.26. The van der Waals surface area contributed by atoms with Crippen molar-refractivity contribution < 1.29 is 4.92 Å². The minimum absolute atomic E-state index is 0.0336. The molecular formula is C13H17N5O2. The van der Waals surface area contributed by atoms with Gasteiger partial charge in [-0.1, -0.05) is 6.92 Å². The third kappa shape index (κ3) is 2.86. The van der Waals surface area contributed by atoms with Gasteiger partial charge in [-0.3, -0.25) is 15.0 Å². The number of rotatable bonds is 5. The van der Waals surface area contributed by atoms with E-state index in [1.54, 1.807) is 0 Å². The molecule has 20 heavy (non-hydrogen) atoms. The molecule has 0 radical (unpaired) electrons. The standard InChI is InChI=1S/C13H17N5O2/c1-2-17-7-3-4-11(17)9-16-13-12(18(19)20)10(8-14)5-6-15-13/h5-6,11H,2-4,7,9H2,1H3,(H,15,16). The maximum absolute atomic E-state index is 11.1. The average molecular weight is 275 g/mol.